The van der Waals surface area contributed by atoms with Gasteiger partial charge in [-0.05, 0) is 20.2 Å². The average Bonchev–Trinajstić information content (AvgIpc) is 3.38. The number of aromatic amines is 1. The minimum Gasteiger partial charge on any atom is -0.477 e. The van der Waals surface area contributed by atoms with Crippen molar-refractivity contribution in [1.29, 1.82) is 0 Å². The quantitative estimate of drug-likeness (QED) is 0.223. The molecule has 1 fully saturated rings. The van der Waals surface area contributed by atoms with Gasteiger partial charge in [-0.15, -0.1) is 0 Å². The van der Waals surface area contributed by atoms with Crippen molar-refractivity contribution in [3.05, 3.63) is 58.1 Å². The molecular formula is C29H30F2N8O4. The number of carboxylic acids is 1. The molecule has 5 aromatic rings. The smallest absolute Gasteiger partial charge is 0.341 e. The van der Waals surface area contributed by atoms with Crippen LogP contribution in [0.3, 0.4) is 0 Å². The fraction of sp³-hybridized carbons (Fsp3) is 0.310. The highest BCUT2D eigenvalue weighted by Crippen LogP contribution is 2.43. The van der Waals surface area contributed by atoms with Crippen molar-refractivity contribution in [2.75, 3.05) is 70.1 Å². The number of pyridine rings is 3. The number of H-pyrrole nitrogens is 1. The Bertz CT molecular complexity index is 1970. The number of hydrogen-bond donors (Lipinski definition) is 4. The Hall–Kier alpha value is -4.82. The first kappa shape index (κ1) is 28.3. The van der Waals surface area contributed by atoms with Gasteiger partial charge >= 0.3 is 5.97 Å². The minimum absolute atomic E-state index is 0.0406. The van der Waals surface area contributed by atoms with E-state index in [1.165, 1.54) is 10.9 Å². The van der Waals surface area contributed by atoms with Crippen LogP contribution in [0.4, 0.5) is 20.2 Å². The topological polar surface area (TPSA) is 141 Å². The molecule has 14 heteroatoms. The number of anilines is 2. The number of ether oxygens (including phenoxy) is 1. The summed E-state index contributed by atoms with van der Waals surface area (Å²) in [5.74, 6) is -3.40. The molecule has 5 heterocycles. The number of aromatic carboxylic acids is 1. The van der Waals surface area contributed by atoms with Crippen LogP contribution in [0.2, 0.25) is 0 Å². The Balaban J connectivity index is 1.68. The monoisotopic (exact) mass is 592 g/mol. The number of nitrogens with zero attached hydrogens (tertiary/aromatic N) is 5. The first-order valence-corrected chi connectivity index (χ1v) is 13.6. The number of benzene rings is 1. The van der Waals surface area contributed by atoms with E-state index in [1.807, 2.05) is 19.0 Å². The van der Waals surface area contributed by atoms with Gasteiger partial charge in [0, 0.05) is 69.5 Å². The van der Waals surface area contributed by atoms with Crippen LogP contribution in [0.25, 0.3) is 44.1 Å². The summed E-state index contributed by atoms with van der Waals surface area (Å²) in [6.45, 7) is 1.94. The summed E-state index contributed by atoms with van der Waals surface area (Å²) in [5.41, 5.74) is 4.54. The van der Waals surface area contributed by atoms with E-state index in [2.05, 4.69) is 30.6 Å². The van der Waals surface area contributed by atoms with Gasteiger partial charge in [-0.25, -0.2) is 28.2 Å². The van der Waals surface area contributed by atoms with Crippen LogP contribution in [-0.4, -0.2) is 96.1 Å². The van der Waals surface area contributed by atoms with Crippen molar-refractivity contribution in [1.82, 2.24) is 24.5 Å². The van der Waals surface area contributed by atoms with Crippen molar-refractivity contribution in [2.45, 2.75) is 6.10 Å². The molecule has 0 bridgehead atoms. The van der Waals surface area contributed by atoms with Gasteiger partial charge in [0.05, 0.1) is 45.8 Å². The maximum atomic E-state index is 15.7. The third-order valence-corrected chi connectivity index (χ3v) is 7.68. The van der Waals surface area contributed by atoms with E-state index in [9.17, 15) is 19.1 Å². The predicted octanol–water partition coefficient (Wildman–Crippen LogP) is 3.05. The molecular weight excluding hydrogens is 562 g/mol. The van der Waals surface area contributed by atoms with Crippen molar-refractivity contribution in [3.63, 3.8) is 0 Å². The Morgan fingerprint density at radius 1 is 1.21 bits per heavy atom. The van der Waals surface area contributed by atoms with Gasteiger partial charge in [0.25, 0.3) is 0 Å². The molecule has 0 radical (unpaired) electrons. The molecule has 43 heavy (non-hydrogen) atoms. The van der Waals surface area contributed by atoms with Gasteiger partial charge < -0.3 is 35.4 Å². The molecule has 4 N–H and O–H groups in total. The summed E-state index contributed by atoms with van der Waals surface area (Å²) in [7, 11) is 7.09. The molecule has 0 aliphatic carbocycles. The SMILES string of the molecule is CNc1cc(F)c(F)c2c1[nH]c1ncc(-c3cnc4c(c3)c(=O)c(C(=O)O)cn4NC)c(N3CCOC(CN(C)C)C3)c12. The summed E-state index contributed by atoms with van der Waals surface area (Å²) in [6, 6.07) is 2.65. The summed E-state index contributed by atoms with van der Waals surface area (Å²) >= 11 is 0. The van der Waals surface area contributed by atoms with Crippen molar-refractivity contribution in [3.8, 4) is 11.1 Å². The molecule has 1 saturated heterocycles. The lowest BCUT2D eigenvalue weighted by molar-refractivity contribution is 0.0249. The molecule has 0 spiro atoms. The largest absolute Gasteiger partial charge is 0.477 e. The fourth-order valence-corrected chi connectivity index (χ4v) is 5.80. The zero-order valence-corrected chi connectivity index (χ0v) is 24.0. The number of halogens is 2. The van der Waals surface area contributed by atoms with Gasteiger partial charge in [-0.3, -0.25) is 4.79 Å². The lowest BCUT2D eigenvalue weighted by atomic mass is 10.0. The summed E-state index contributed by atoms with van der Waals surface area (Å²) in [6.07, 6.45) is 4.15. The Labute approximate surface area is 243 Å². The van der Waals surface area contributed by atoms with Gasteiger partial charge in [0.2, 0.25) is 5.43 Å². The van der Waals surface area contributed by atoms with Gasteiger partial charge in [-0.2, -0.15) is 0 Å². The highest BCUT2D eigenvalue weighted by Gasteiger charge is 2.29. The van der Waals surface area contributed by atoms with E-state index in [0.29, 0.717) is 65.3 Å². The second-order valence-corrected chi connectivity index (χ2v) is 10.7. The molecule has 6 rings (SSSR count). The number of nitrogens with one attached hydrogen (secondary N) is 3. The number of likely N-dealkylation sites (N-methyl/N-ethyl adjacent to an activating group) is 1. The molecule has 0 amide bonds. The zero-order valence-electron chi connectivity index (χ0n) is 24.0. The Morgan fingerprint density at radius 2 is 2.00 bits per heavy atom. The lowest BCUT2D eigenvalue weighted by Crippen LogP contribution is -2.46. The number of hydrogen-bond acceptors (Lipinski definition) is 9. The van der Waals surface area contributed by atoms with Crippen LogP contribution < -0.4 is 21.1 Å². The van der Waals surface area contributed by atoms with Crippen LogP contribution >= 0.6 is 0 Å². The Morgan fingerprint density at radius 3 is 2.70 bits per heavy atom. The van der Waals surface area contributed by atoms with Crippen LogP contribution in [0.5, 0.6) is 0 Å². The van der Waals surface area contributed by atoms with Crippen molar-refractivity contribution in [2.24, 2.45) is 0 Å². The van der Waals surface area contributed by atoms with E-state index in [-0.39, 0.29) is 22.5 Å². The maximum Gasteiger partial charge on any atom is 0.341 e. The standard InChI is InChI=1S/C29H30F2N8O4/c1-32-20-8-19(30)23(31)21-22-25(38-5-6-43-15(12-38)11-37(3)4)17(10-34-27(22)36-24(20)21)14-7-16-26(40)18(29(41)42)13-39(33-2)28(16)35-9-14/h7-10,13,15,32-33H,5-6,11-12H2,1-4H3,(H,34,36)(H,41,42). The minimum atomic E-state index is -1.37. The molecule has 12 nitrogen and oxygen atoms in total. The van der Waals surface area contributed by atoms with Crippen molar-refractivity contribution < 1.29 is 23.4 Å². The first-order chi connectivity index (χ1) is 20.6. The molecule has 224 valence electrons. The molecule has 1 unspecified atom stereocenters. The molecule has 0 saturated carbocycles. The number of aromatic nitrogens is 4. The number of fused-ring (bicyclic) bond motifs is 4. The number of rotatable bonds is 7. The number of carboxylic acid groups (broad SMARTS) is 1. The molecule has 1 aliphatic heterocycles. The fourth-order valence-electron chi connectivity index (χ4n) is 5.80. The van der Waals surface area contributed by atoms with Crippen LogP contribution in [0, 0.1) is 11.6 Å². The zero-order chi connectivity index (χ0) is 30.6. The predicted molar refractivity (Wildman–Crippen MR) is 161 cm³/mol. The summed E-state index contributed by atoms with van der Waals surface area (Å²) in [5, 5.41) is 13.1. The second-order valence-electron chi connectivity index (χ2n) is 10.7. The molecule has 1 aromatic carbocycles. The average molecular weight is 593 g/mol. The van der Waals surface area contributed by atoms with E-state index < -0.39 is 28.6 Å². The summed E-state index contributed by atoms with van der Waals surface area (Å²) in [4.78, 5) is 41.4. The van der Waals surface area contributed by atoms with Crippen LogP contribution in [0.15, 0.2) is 35.5 Å². The highest BCUT2D eigenvalue weighted by molar-refractivity contribution is 6.18. The molecule has 1 atom stereocenters. The number of morpholine rings is 1. The van der Waals surface area contributed by atoms with Crippen LogP contribution in [-0.2, 0) is 4.74 Å². The third kappa shape index (κ3) is 4.68. The third-order valence-electron chi connectivity index (χ3n) is 7.68. The molecule has 1 aliphatic rings. The normalized spacial score (nSPS) is 15.6. The van der Waals surface area contributed by atoms with E-state index in [0.717, 1.165) is 6.07 Å². The van der Waals surface area contributed by atoms with Gasteiger partial charge in [0.15, 0.2) is 17.3 Å². The lowest BCUT2D eigenvalue weighted by Gasteiger charge is -2.37. The Kier molecular flexibility index (Phi) is 7.10. The maximum absolute atomic E-state index is 15.7. The second kappa shape index (κ2) is 10.8. The van der Waals surface area contributed by atoms with E-state index in [4.69, 9.17) is 4.74 Å². The number of carbonyl (C=O) groups is 1. The first-order valence-electron chi connectivity index (χ1n) is 13.6. The van der Waals surface area contributed by atoms with E-state index >= 15 is 4.39 Å². The highest BCUT2D eigenvalue weighted by atomic mass is 19.2. The van der Waals surface area contributed by atoms with Crippen molar-refractivity contribution >= 4 is 50.3 Å². The summed E-state index contributed by atoms with van der Waals surface area (Å²) < 4.78 is 37.9. The van der Waals surface area contributed by atoms with Crippen LogP contribution in [0.1, 0.15) is 10.4 Å². The van der Waals surface area contributed by atoms with Gasteiger partial charge in [-0.1, -0.05) is 0 Å². The molecule has 4 aromatic heterocycles. The van der Waals surface area contributed by atoms with Gasteiger partial charge in [0.1, 0.15) is 11.2 Å². The van der Waals surface area contributed by atoms with E-state index in [1.54, 1.807) is 32.6 Å².